The molecule has 1 heterocycles. The molecule has 2 aromatic carbocycles. The smallest absolute Gasteiger partial charge is 0.145 e. The first kappa shape index (κ1) is 19.8. The second kappa shape index (κ2) is 7.76. The fourth-order valence-corrected chi connectivity index (χ4v) is 4.18. The molecule has 0 bridgehead atoms. The maximum atomic E-state index is 14.3. The summed E-state index contributed by atoms with van der Waals surface area (Å²) >= 11 is 2.05. The highest BCUT2D eigenvalue weighted by molar-refractivity contribution is 14.1. The van der Waals surface area contributed by atoms with Crippen molar-refractivity contribution in [2.24, 2.45) is 5.41 Å². The molecule has 4 nitrogen and oxygen atoms in total. The van der Waals surface area contributed by atoms with Gasteiger partial charge in [0.15, 0.2) is 0 Å². The first-order valence-electron chi connectivity index (χ1n) is 9.34. The summed E-state index contributed by atoms with van der Waals surface area (Å²) in [4.78, 5) is 0. The Morgan fingerprint density at radius 2 is 1.89 bits per heavy atom. The second-order valence-electron chi connectivity index (χ2n) is 7.85. The number of benzene rings is 2. The summed E-state index contributed by atoms with van der Waals surface area (Å²) in [6.45, 7) is 0.452. The number of halogens is 3. The number of rotatable bonds is 2. The summed E-state index contributed by atoms with van der Waals surface area (Å²) in [5.74, 6) is -0.553. The Morgan fingerprint density at radius 1 is 1.11 bits per heavy atom. The zero-order valence-electron chi connectivity index (χ0n) is 15.2. The first-order valence-corrected chi connectivity index (χ1v) is 10.4. The van der Waals surface area contributed by atoms with E-state index in [4.69, 9.17) is 4.74 Å². The monoisotopic (exact) mass is 501 g/mol. The molecule has 1 spiro atoms. The van der Waals surface area contributed by atoms with Crippen LogP contribution < -0.4 is 10.1 Å². The Kier molecular flexibility index (Phi) is 5.50. The van der Waals surface area contributed by atoms with Gasteiger partial charge in [0.1, 0.15) is 30.1 Å². The van der Waals surface area contributed by atoms with Gasteiger partial charge in [0.2, 0.25) is 0 Å². The van der Waals surface area contributed by atoms with Gasteiger partial charge in [0.05, 0.1) is 11.8 Å². The standard InChI is InChI=1S/C21H22F2INO3/c22-14-6-13(5-12-1-2-15(24)8-16(12)23)20-19(7-14)28-10-18(27)17(26)9-21(3-4-21)11-25-20/h1-2,6-8,17-18,25-27H,3-5,9-11H2. The number of aliphatic hydroxyl groups excluding tert-OH is 2. The van der Waals surface area contributed by atoms with Crippen LogP contribution in [0.4, 0.5) is 14.5 Å². The minimum atomic E-state index is -1.04. The van der Waals surface area contributed by atoms with E-state index in [0.29, 0.717) is 29.8 Å². The fourth-order valence-electron chi connectivity index (χ4n) is 3.73. The molecule has 1 fully saturated rings. The molecule has 2 aliphatic rings. The van der Waals surface area contributed by atoms with Crippen LogP contribution in [0.5, 0.6) is 5.75 Å². The SMILES string of the molecule is OC1COc2cc(F)cc(Cc3ccc(I)cc3F)c2NCC2(CC2)CC1O. The van der Waals surface area contributed by atoms with Crippen LogP contribution in [-0.4, -0.2) is 35.6 Å². The van der Waals surface area contributed by atoms with Crippen LogP contribution in [0.1, 0.15) is 30.4 Å². The minimum Gasteiger partial charge on any atom is -0.488 e. The molecule has 1 aliphatic carbocycles. The molecule has 0 amide bonds. The molecule has 4 rings (SSSR count). The molecular weight excluding hydrogens is 479 g/mol. The van der Waals surface area contributed by atoms with E-state index >= 15 is 0 Å². The van der Waals surface area contributed by atoms with Gasteiger partial charge in [-0.3, -0.25) is 0 Å². The molecular formula is C21H22F2INO3. The van der Waals surface area contributed by atoms with Gasteiger partial charge in [-0.25, -0.2) is 8.78 Å². The average Bonchev–Trinajstić information content (AvgIpc) is 3.40. The third kappa shape index (κ3) is 4.26. The van der Waals surface area contributed by atoms with Crippen LogP contribution in [-0.2, 0) is 6.42 Å². The largest absolute Gasteiger partial charge is 0.488 e. The van der Waals surface area contributed by atoms with Crippen LogP contribution in [0.25, 0.3) is 0 Å². The average molecular weight is 501 g/mol. The van der Waals surface area contributed by atoms with Crippen molar-refractivity contribution in [3.63, 3.8) is 0 Å². The summed E-state index contributed by atoms with van der Waals surface area (Å²) in [6.07, 6.45) is 0.716. The number of aliphatic hydroxyl groups is 2. The zero-order valence-corrected chi connectivity index (χ0v) is 17.4. The Morgan fingerprint density at radius 3 is 2.61 bits per heavy atom. The Balaban J connectivity index is 1.70. The quantitative estimate of drug-likeness (QED) is 0.548. The third-order valence-corrected chi connectivity index (χ3v) is 6.31. The fraction of sp³-hybridized carbons (Fsp3) is 0.429. The lowest BCUT2D eigenvalue weighted by Gasteiger charge is -2.28. The highest BCUT2D eigenvalue weighted by atomic mass is 127. The molecule has 0 radical (unpaired) electrons. The number of anilines is 1. The summed E-state index contributed by atoms with van der Waals surface area (Å²) in [6, 6.07) is 7.63. The Hall–Kier alpha value is -1.45. The second-order valence-corrected chi connectivity index (χ2v) is 9.10. The van der Waals surface area contributed by atoms with E-state index in [1.807, 2.05) is 28.7 Å². The lowest BCUT2D eigenvalue weighted by Crippen LogP contribution is -2.36. The molecule has 1 saturated carbocycles. The van der Waals surface area contributed by atoms with E-state index in [0.717, 1.165) is 16.4 Å². The molecule has 28 heavy (non-hydrogen) atoms. The lowest BCUT2D eigenvalue weighted by molar-refractivity contribution is -0.0212. The van der Waals surface area contributed by atoms with Gasteiger partial charge in [0, 0.05) is 22.6 Å². The molecule has 2 aromatic rings. The van der Waals surface area contributed by atoms with Crippen molar-refractivity contribution in [3.8, 4) is 5.75 Å². The van der Waals surface area contributed by atoms with Crippen molar-refractivity contribution in [2.75, 3.05) is 18.5 Å². The van der Waals surface area contributed by atoms with Crippen molar-refractivity contribution >= 4 is 28.3 Å². The normalized spacial score (nSPS) is 23.5. The van der Waals surface area contributed by atoms with Crippen molar-refractivity contribution in [2.45, 2.75) is 37.9 Å². The maximum absolute atomic E-state index is 14.3. The van der Waals surface area contributed by atoms with Crippen LogP contribution in [0.3, 0.4) is 0 Å². The van der Waals surface area contributed by atoms with Gasteiger partial charge in [-0.05, 0) is 76.6 Å². The van der Waals surface area contributed by atoms with E-state index in [9.17, 15) is 19.0 Å². The van der Waals surface area contributed by atoms with Gasteiger partial charge < -0.3 is 20.3 Å². The zero-order chi connectivity index (χ0) is 19.9. The van der Waals surface area contributed by atoms with E-state index < -0.39 is 18.0 Å². The topological polar surface area (TPSA) is 61.7 Å². The van der Waals surface area contributed by atoms with E-state index in [1.54, 1.807) is 6.07 Å². The molecule has 2 unspecified atom stereocenters. The maximum Gasteiger partial charge on any atom is 0.145 e. The minimum absolute atomic E-state index is 0.0746. The summed E-state index contributed by atoms with van der Waals surface area (Å²) in [5, 5.41) is 23.7. The number of hydrogen-bond acceptors (Lipinski definition) is 4. The van der Waals surface area contributed by atoms with Crippen LogP contribution in [0.15, 0.2) is 30.3 Å². The van der Waals surface area contributed by atoms with E-state index in [1.165, 1.54) is 18.2 Å². The van der Waals surface area contributed by atoms with Crippen LogP contribution >= 0.6 is 22.6 Å². The van der Waals surface area contributed by atoms with Gasteiger partial charge in [-0.15, -0.1) is 0 Å². The summed E-state index contributed by atoms with van der Waals surface area (Å²) in [5.41, 5.74) is 1.62. The van der Waals surface area contributed by atoms with Gasteiger partial charge in [0.25, 0.3) is 0 Å². The summed E-state index contributed by atoms with van der Waals surface area (Å²) < 4.78 is 35.0. The van der Waals surface area contributed by atoms with Gasteiger partial charge in [-0.2, -0.15) is 0 Å². The van der Waals surface area contributed by atoms with Crippen molar-refractivity contribution < 1.29 is 23.7 Å². The predicted molar refractivity (Wildman–Crippen MR) is 111 cm³/mol. The summed E-state index contributed by atoms with van der Waals surface area (Å²) in [7, 11) is 0. The van der Waals surface area contributed by atoms with Gasteiger partial charge in [-0.1, -0.05) is 6.07 Å². The first-order chi connectivity index (χ1) is 13.3. The number of hydrogen-bond donors (Lipinski definition) is 3. The lowest BCUT2D eigenvalue weighted by atomic mass is 9.94. The molecule has 1 aliphatic heterocycles. The van der Waals surface area contributed by atoms with Crippen molar-refractivity contribution in [3.05, 3.63) is 56.7 Å². The molecule has 0 saturated heterocycles. The van der Waals surface area contributed by atoms with Gasteiger partial charge >= 0.3 is 0 Å². The van der Waals surface area contributed by atoms with Crippen LogP contribution in [0, 0.1) is 20.6 Å². The van der Waals surface area contributed by atoms with Crippen LogP contribution in [0.2, 0.25) is 0 Å². The highest BCUT2D eigenvalue weighted by Gasteiger charge is 2.45. The molecule has 0 aromatic heterocycles. The predicted octanol–water partition coefficient (Wildman–Crippen LogP) is 3.86. The number of nitrogens with one attached hydrogen (secondary N) is 1. The van der Waals surface area contributed by atoms with E-state index in [-0.39, 0.29) is 30.0 Å². The molecule has 7 heteroatoms. The third-order valence-electron chi connectivity index (χ3n) is 5.64. The number of ether oxygens (including phenoxy) is 1. The number of fused-ring (bicyclic) bond motifs is 1. The highest BCUT2D eigenvalue weighted by Crippen LogP contribution is 2.50. The Bertz CT molecular complexity index is 888. The Labute approximate surface area is 176 Å². The van der Waals surface area contributed by atoms with Crippen molar-refractivity contribution in [1.82, 2.24) is 0 Å². The molecule has 2 atom stereocenters. The molecule has 150 valence electrons. The van der Waals surface area contributed by atoms with Crippen molar-refractivity contribution in [1.29, 1.82) is 0 Å². The molecule has 3 N–H and O–H groups in total. The van der Waals surface area contributed by atoms with E-state index in [2.05, 4.69) is 5.32 Å².